The molecule has 0 saturated carbocycles. The zero-order valence-electron chi connectivity index (χ0n) is 16.8. The highest BCUT2D eigenvalue weighted by Gasteiger charge is 2.19. The average Bonchev–Trinajstić information content (AvgIpc) is 3.25. The molecule has 1 aromatic carbocycles. The number of fused-ring (bicyclic) bond motifs is 1. The smallest absolute Gasteiger partial charge is 0.337 e. The summed E-state index contributed by atoms with van der Waals surface area (Å²) in [5, 5.41) is 12.7. The van der Waals surface area contributed by atoms with Crippen LogP contribution in [0.5, 0.6) is 0 Å². The lowest BCUT2D eigenvalue weighted by Crippen LogP contribution is -2.22. The van der Waals surface area contributed by atoms with Crippen LogP contribution >= 0.6 is 0 Å². The molecule has 0 aliphatic carbocycles. The van der Waals surface area contributed by atoms with E-state index in [9.17, 15) is 14.7 Å². The van der Waals surface area contributed by atoms with Crippen LogP contribution in [-0.4, -0.2) is 30.4 Å². The molecule has 8 nitrogen and oxygen atoms in total. The van der Waals surface area contributed by atoms with E-state index in [4.69, 9.17) is 4.98 Å². The van der Waals surface area contributed by atoms with E-state index in [2.05, 4.69) is 15.3 Å². The molecule has 30 heavy (non-hydrogen) atoms. The van der Waals surface area contributed by atoms with Gasteiger partial charge in [0, 0.05) is 29.2 Å². The number of rotatable bonds is 5. The predicted molar refractivity (Wildman–Crippen MR) is 114 cm³/mol. The second-order valence-electron chi connectivity index (χ2n) is 7.23. The molecule has 0 aliphatic rings. The number of hydrogen-bond acceptors (Lipinski definition) is 5. The Labute approximate surface area is 172 Å². The predicted octanol–water partition coefficient (Wildman–Crippen LogP) is 3.57. The van der Waals surface area contributed by atoms with E-state index in [1.165, 1.54) is 4.40 Å². The first-order valence-corrected chi connectivity index (χ1v) is 9.48. The number of hydrogen-bond donors (Lipinski definition) is 3. The lowest BCUT2D eigenvalue weighted by Gasteiger charge is -2.20. The van der Waals surface area contributed by atoms with Gasteiger partial charge in [-0.15, -0.1) is 0 Å². The van der Waals surface area contributed by atoms with Crippen molar-refractivity contribution in [3.63, 3.8) is 0 Å². The zero-order chi connectivity index (χ0) is 21.4. The van der Waals surface area contributed by atoms with Gasteiger partial charge >= 0.3 is 5.97 Å². The van der Waals surface area contributed by atoms with E-state index in [0.29, 0.717) is 28.3 Å². The Morgan fingerprint density at radius 3 is 2.73 bits per heavy atom. The maximum atomic E-state index is 13.1. The summed E-state index contributed by atoms with van der Waals surface area (Å²) in [6, 6.07) is 8.37. The number of carboxylic acids is 1. The van der Waals surface area contributed by atoms with E-state index in [1.54, 1.807) is 49.9 Å². The number of carbonyl (C=O) groups is 1. The van der Waals surface area contributed by atoms with Crippen LogP contribution in [0.15, 0.2) is 53.8 Å². The monoisotopic (exact) mass is 403 g/mol. The molecule has 0 bridgehead atoms. The van der Waals surface area contributed by atoms with Crippen LogP contribution in [0, 0.1) is 13.8 Å². The highest BCUT2D eigenvalue weighted by molar-refractivity contribution is 5.94. The van der Waals surface area contributed by atoms with E-state index < -0.39 is 5.97 Å². The van der Waals surface area contributed by atoms with Crippen molar-refractivity contribution >= 4 is 17.3 Å². The van der Waals surface area contributed by atoms with Gasteiger partial charge in [0.05, 0.1) is 17.9 Å². The van der Waals surface area contributed by atoms with Gasteiger partial charge in [0.2, 0.25) is 0 Å². The summed E-state index contributed by atoms with van der Waals surface area (Å²) >= 11 is 0. The third-order valence-corrected chi connectivity index (χ3v) is 5.05. The number of nitrogens with one attached hydrogen (secondary N) is 2. The number of aryl methyl sites for hydroxylation is 1. The number of aromatic carboxylic acids is 1. The Morgan fingerprint density at radius 2 is 2.03 bits per heavy atom. The molecular formula is C22H21N5O3. The second-order valence-corrected chi connectivity index (χ2v) is 7.23. The maximum Gasteiger partial charge on any atom is 0.337 e. The summed E-state index contributed by atoms with van der Waals surface area (Å²) in [6.45, 7) is 5.55. The van der Waals surface area contributed by atoms with Crippen LogP contribution < -0.4 is 10.9 Å². The zero-order valence-corrected chi connectivity index (χ0v) is 16.8. The van der Waals surface area contributed by atoms with Gasteiger partial charge in [0.25, 0.3) is 5.56 Å². The van der Waals surface area contributed by atoms with Crippen molar-refractivity contribution in [1.29, 1.82) is 0 Å². The average molecular weight is 403 g/mol. The Hall–Kier alpha value is -3.94. The molecule has 8 heteroatoms. The minimum absolute atomic E-state index is 0.166. The van der Waals surface area contributed by atoms with Crippen LogP contribution in [0.2, 0.25) is 0 Å². The maximum absolute atomic E-state index is 13.1. The van der Waals surface area contributed by atoms with E-state index in [-0.39, 0.29) is 17.2 Å². The fourth-order valence-corrected chi connectivity index (χ4v) is 3.56. The Morgan fingerprint density at radius 1 is 1.27 bits per heavy atom. The van der Waals surface area contributed by atoms with Crippen molar-refractivity contribution in [2.45, 2.75) is 26.8 Å². The lowest BCUT2D eigenvalue weighted by atomic mass is 10.1. The molecule has 3 heterocycles. The Kier molecular flexibility index (Phi) is 4.83. The van der Waals surface area contributed by atoms with Gasteiger partial charge in [-0.1, -0.05) is 12.1 Å². The summed E-state index contributed by atoms with van der Waals surface area (Å²) in [4.78, 5) is 36.5. The number of para-hydroxylation sites is 1. The highest BCUT2D eigenvalue weighted by Crippen LogP contribution is 2.27. The summed E-state index contributed by atoms with van der Waals surface area (Å²) in [7, 11) is 0. The number of aromatic nitrogens is 4. The van der Waals surface area contributed by atoms with Crippen molar-refractivity contribution < 1.29 is 9.90 Å². The van der Waals surface area contributed by atoms with E-state index in [0.717, 1.165) is 11.1 Å². The number of nitrogens with zero attached hydrogens (tertiary/aromatic N) is 3. The fraction of sp³-hybridized carbons (Fsp3) is 0.182. The molecule has 3 aromatic heterocycles. The standard InChI is InChI=1S/C22H21N5O3/c1-12-8-16(14(3)25-17-7-5-4-6-15(17)22(29)30)20-26-19(18-9-23-11-24-18)13(2)21(28)27(20)10-12/h4-11,14,25H,1-3H3,(H,23,24)(H,29,30)/t14-/m1/s1. The summed E-state index contributed by atoms with van der Waals surface area (Å²) in [5.41, 5.74) is 4.31. The van der Waals surface area contributed by atoms with Gasteiger partial charge in [-0.05, 0) is 44.5 Å². The van der Waals surface area contributed by atoms with Crippen molar-refractivity contribution in [2.24, 2.45) is 0 Å². The third kappa shape index (κ3) is 3.32. The van der Waals surface area contributed by atoms with Crippen molar-refractivity contribution in [3.05, 3.63) is 81.7 Å². The van der Waals surface area contributed by atoms with Crippen molar-refractivity contribution in [3.8, 4) is 11.4 Å². The first-order valence-electron chi connectivity index (χ1n) is 9.48. The third-order valence-electron chi connectivity index (χ3n) is 5.05. The molecule has 0 saturated heterocycles. The van der Waals surface area contributed by atoms with E-state index >= 15 is 0 Å². The summed E-state index contributed by atoms with van der Waals surface area (Å²) in [6.07, 6.45) is 5.00. The molecule has 0 radical (unpaired) electrons. The molecule has 0 unspecified atom stereocenters. The first kappa shape index (κ1) is 19.4. The van der Waals surface area contributed by atoms with E-state index in [1.807, 2.05) is 19.9 Å². The fourth-order valence-electron chi connectivity index (χ4n) is 3.56. The van der Waals surface area contributed by atoms with Crippen LogP contribution in [0.1, 0.15) is 40.0 Å². The molecule has 1 atom stereocenters. The minimum atomic E-state index is -1.01. The second kappa shape index (κ2) is 7.47. The number of carboxylic acid groups (broad SMARTS) is 1. The molecule has 0 spiro atoms. The van der Waals surface area contributed by atoms with Gasteiger partial charge in [0.15, 0.2) is 0 Å². The number of aromatic amines is 1. The minimum Gasteiger partial charge on any atom is -0.478 e. The number of benzene rings is 1. The molecule has 0 amide bonds. The summed E-state index contributed by atoms with van der Waals surface area (Å²) in [5.74, 6) is -1.01. The van der Waals surface area contributed by atoms with Crippen LogP contribution in [0.4, 0.5) is 5.69 Å². The molecule has 4 rings (SSSR count). The van der Waals surface area contributed by atoms with Gasteiger partial charge in [-0.25, -0.2) is 14.8 Å². The lowest BCUT2D eigenvalue weighted by molar-refractivity contribution is 0.0698. The molecular weight excluding hydrogens is 382 g/mol. The largest absolute Gasteiger partial charge is 0.478 e. The number of imidazole rings is 1. The van der Waals surface area contributed by atoms with Crippen LogP contribution in [0.3, 0.4) is 0 Å². The van der Waals surface area contributed by atoms with Crippen LogP contribution in [-0.2, 0) is 0 Å². The quantitative estimate of drug-likeness (QED) is 0.470. The van der Waals surface area contributed by atoms with Gasteiger partial charge in [-0.3, -0.25) is 9.20 Å². The number of anilines is 1. The Balaban J connectivity index is 1.88. The molecule has 3 N–H and O–H groups in total. The molecule has 152 valence electrons. The van der Waals surface area contributed by atoms with Crippen LogP contribution in [0.25, 0.3) is 17.0 Å². The normalized spacial score (nSPS) is 12.1. The molecule has 4 aromatic rings. The SMILES string of the molecule is Cc1cc([C@@H](C)Nc2ccccc2C(=O)O)c2nc(-c3c[nH]cn3)c(C)c(=O)n2c1. The summed E-state index contributed by atoms with van der Waals surface area (Å²) < 4.78 is 1.54. The van der Waals surface area contributed by atoms with Crippen molar-refractivity contribution in [1.82, 2.24) is 19.4 Å². The van der Waals surface area contributed by atoms with Gasteiger partial charge < -0.3 is 15.4 Å². The Bertz CT molecular complexity index is 1310. The van der Waals surface area contributed by atoms with Gasteiger partial charge in [-0.2, -0.15) is 0 Å². The number of pyridine rings is 1. The number of H-pyrrole nitrogens is 1. The molecule has 0 fully saturated rings. The molecule has 0 aliphatic heterocycles. The van der Waals surface area contributed by atoms with Gasteiger partial charge in [0.1, 0.15) is 17.0 Å². The first-order chi connectivity index (χ1) is 14.4. The van der Waals surface area contributed by atoms with Crippen molar-refractivity contribution in [2.75, 3.05) is 5.32 Å². The topological polar surface area (TPSA) is 112 Å². The highest BCUT2D eigenvalue weighted by atomic mass is 16.4.